The van der Waals surface area contributed by atoms with Crippen LogP contribution >= 0.6 is 0 Å². The van der Waals surface area contributed by atoms with E-state index in [0.29, 0.717) is 11.4 Å². The van der Waals surface area contributed by atoms with E-state index in [4.69, 9.17) is 9.97 Å². The molecule has 41 heavy (non-hydrogen) atoms. The van der Waals surface area contributed by atoms with Gasteiger partial charge in [0.05, 0.1) is 11.5 Å². The molecule has 11 heteroatoms. The summed E-state index contributed by atoms with van der Waals surface area (Å²) in [5.41, 5.74) is -0.920. The Hall–Kier alpha value is -4.04. The third-order valence-corrected chi connectivity index (χ3v) is 6.69. The third-order valence-electron chi connectivity index (χ3n) is 6.69. The molecule has 0 aliphatic heterocycles. The molecular formula is C30H18F5N5Pt. The van der Waals surface area contributed by atoms with Crippen LogP contribution in [-0.4, -0.2) is 24.7 Å². The number of pyridine rings is 3. The van der Waals surface area contributed by atoms with Gasteiger partial charge in [-0.15, -0.1) is 12.1 Å². The van der Waals surface area contributed by atoms with Crippen LogP contribution in [0.5, 0.6) is 0 Å². The van der Waals surface area contributed by atoms with Gasteiger partial charge in [0.2, 0.25) is 0 Å². The average molecular weight is 739 g/mol. The standard InChI is InChI=1S/C30H18F5N5.Pt/c1-29(2,26-19-9-5-3-7-17(19)15-22(36-26)21-11-12-24(31)37-28(21)32)27-20-10-6-4-8-18(20)16-25(38-27)40-14-13-23(39-40)30(33,34)35;/h3-10,12-13,15-16H,1-2H3;/q-2;+2. The van der Waals surface area contributed by atoms with Crippen LogP contribution in [0.2, 0.25) is 0 Å². The van der Waals surface area contributed by atoms with E-state index in [0.717, 1.165) is 38.4 Å². The summed E-state index contributed by atoms with van der Waals surface area (Å²) in [5, 5.41) is 6.61. The van der Waals surface area contributed by atoms with E-state index in [1.165, 1.54) is 0 Å². The Kier molecular flexibility index (Phi) is 7.24. The van der Waals surface area contributed by atoms with Crippen molar-refractivity contribution in [1.29, 1.82) is 0 Å². The van der Waals surface area contributed by atoms with Crippen LogP contribution in [0, 0.1) is 24.2 Å². The van der Waals surface area contributed by atoms with E-state index in [9.17, 15) is 22.0 Å². The molecule has 0 saturated heterocycles. The largest absolute Gasteiger partial charge is 2.00 e. The second-order valence-corrected chi connectivity index (χ2v) is 9.71. The van der Waals surface area contributed by atoms with Gasteiger partial charge in [0.25, 0.3) is 0 Å². The molecule has 0 radical (unpaired) electrons. The summed E-state index contributed by atoms with van der Waals surface area (Å²) in [6.45, 7) is 3.75. The van der Waals surface area contributed by atoms with E-state index >= 15 is 0 Å². The minimum absolute atomic E-state index is 0. The first-order valence-electron chi connectivity index (χ1n) is 12.1. The van der Waals surface area contributed by atoms with E-state index in [2.05, 4.69) is 22.3 Å². The van der Waals surface area contributed by atoms with Gasteiger partial charge in [-0.2, -0.15) is 13.2 Å². The number of fused-ring (bicyclic) bond motifs is 2. The number of alkyl halides is 3. The fourth-order valence-electron chi connectivity index (χ4n) is 4.78. The van der Waals surface area contributed by atoms with Crippen molar-refractivity contribution >= 4 is 21.5 Å². The Morgan fingerprint density at radius 1 is 0.780 bits per heavy atom. The molecule has 0 aliphatic rings. The summed E-state index contributed by atoms with van der Waals surface area (Å²) >= 11 is 0. The minimum atomic E-state index is -4.63. The predicted octanol–water partition coefficient (Wildman–Crippen LogP) is 7.25. The van der Waals surface area contributed by atoms with Gasteiger partial charge in [-0.05, 0) is 30.3 Å². The maximum absolute atomic E-state index is 14.7. The van der Waals surface area contributed by atoms with Gasteiger partial charge in [0, 0.05) is 27.6 Å². The van der Waals surface area contributed by atoms with Gasteiger partial charge >= 0.3 is 27.2 Å². The second-order valence-electron chi connectivity index (χ2n) is 9.71. The predicted molar refractivity (Wildman–Crippen MR) is 139 cm³/mol. The van der Waals surface area contributed by atoms with Crippen LogP contribution in [0.1, 0.15) is 30.9 Å². The Balaban J connectivity index is 0.00000337. The number of nitrogens with zero attached hydrogens (tertiary/aromatic N) is 5. The second kappa shape index (κ2) is 10.4. The molecule has 0 aliphatic carbocycles. The van der Waals surface area contributed by atoms with Crippen LogP contribution in [0.4, 0.5) is 22.0 Å². The zero-order valence-corrected chi connectivity index (χ0v) is 23.6. The molecule has 4 heterocycles. The molecule has 4 aromatic heterocycles. The fraction of sp³-hybridized carbons (Fsp3) is 0.133. The normalized spacial score (nSPS) is 12.1. The van der Waals surface area contributed by atoms with Crippen molar-refractivity contribution < 1.29 is 43.0 Å². The quantitative estimate of drug-likeness (QED) is 0.109. The topological polar surface area (TPSA) is 56.5 Å². The number of hydrogen-bond donors (Lipinski definition) is 0. The van der Waals surface area contributed by atoms with Crippen molar-refractivity contribution in [2.24, 2.45) is 0 Å². The van der Waals surface area contributed by atoms with Gasteiger partial charge in [0.15, 0.2) is 0 Å². The van der Waals surface area contributed by atoms with Crippen molar-refractivity contribution in [3.8, 4) is 17.1 Å². The zero-order chi connectivity index (χ0) is 28.2. The number of benzene rings is 2. The molecule has 6 aromatic rings. The molecule has 208 valence electrons. The molecule has 0 amide bonds. The first-order valence-corrected chi connectivity index (χ1v) is 12.1. The van der Waals surface area contributed by atoms with Crippen molar-refractivity contribution in [1.82, 2.24) is 24.7 Å². The Labute approximate surface area is 245 Å². The van der Waals surface area contributed by atoms with Crippen LogP contribution < -0.4 is 0 Å². The summed E-state index contributed by atoms with van der Waals surface area (Å²) in [6.07, 6.45) is -2.13. The Morgan fingerprint density at radius 2 is 1.39 bits per heavy atom. The zero-order valence-electron chi connectivity index (χ0n) is 21.4. The summed E-state index contributed by atoms with van der Waals surface area (Å²) in [4.78, 5) is 12.8. The van der Waals surface area contributed by atoms with E-state index in [1.54, 1.807) is 12.1 Å². The first-order chi connectivity index (χ1) is 19.0. The van der Waals surface area contributed by atoms with Gasteiger partial charge in [0.1, 0.15) is 11.9 Å². The number of aromatic nitrogens is 5. The van der Waals surface area contributed by atoms with Crippen molar-refractivity contribution in [2.45, 2.75) is 25.4 Å². The van der Waals surface area contributed by atoms with Crippen LogP contribution in [-0.2, 0) is 32.7 Å². The van der Waals surface area contributed by atoms with Gasteiger partial charge < -0.3 is 4.68 Å². The molecule has 0 N–H and O–H groups in total. The SMILES string of the molecule is CC(C)(c1nc(-c2[c-]cc(F)nc2F)cc2ccccc12)c1nc(-n2[c-]cc(C(F)(F)F)n2)cc2ccccc12.[Pt+2]. The van der Waals surface area contributed by atoms with Gasteiger partial charge in [-0.25, -0.2) is 8.78 Å². The molecule has 5 nitrogen and oxygen atoms in total. The van der Waals surface area contributed by atoms with Gasteiger partial charge in [-0.1, -0.05) is 78.5 Å². The number of hydrogen-bond acceptors (Lipinski definition) is 4. The first kappa shape index (κ1) is 28.5. The average Bonchev–Trinajstić information content (AvgIpc) is 3.43. The molecule has 2 aromatic carbocycles. The van der Waals surface area contributed by atoms with Crippen molar-refractivity contribution in [3.05, 3.63) is 114 Å². The Bertz CT molecular complexity index is 1920. The number of rotatable bonds is 4. The molecule has 6 rings (SSSR count). The molecule has 0 fully saturated rings. The van der Waals surface area contributed by atoms with Crippen LogP contribution in [0.25, 0.3) is 38.6 Å². The van der Waals surface area contributed by atoms with Crippen LogP contribution in [0.15, 0.2) is 72.8 Å². The maximum atomic E-state index is 14.7. The van der Waals surface area contributed by atoms with E-state index in [-0.39, 0.29) is 38.1 Å². The molecule has 0 unspecified atom stereocenters. The van der Waals surface area contributed by atoms with E-state index < -0.39 is 29.2 Å². The third kappa shape index (κ3) is 5.12. The molecule has 0 saturated carbocycles. The van der Waals surface area contributed by atoms with Crippen molar-refractivity contribution in [2.75, 3.05) is 0 Å². The summed E-state index contributed by atoms with van der Waals surface area (Å²) < 4.78 is 68.9. The molecule has 0 atom stereocenters. The molecule has 0 spiro atoms. The van der Waals surface area contributed by atoms with Crippen LogP contribution in [0.3, 0.4) is 0 Å². The van der Waals surface area contributed by atoms with E-state index in [1.807, 2.05) is 62.4 Å². The monoisotopic (exact) mass is 738 g/mol. The molecule has 0 bridgehead atoms. The Morgan fingerprint density at radius 3 is 2.00 bits per heavy atom. The molecular weight excluding hydrogens is 720 g/mol. The smallest absolute Gasteiger partial charge is 0.343 e. The summed E-state index contributed by atoms with van der Waals surface area (Å²) in [5.74, 6) is -1.91. The fourth-order valence-corrected chi connectivity index (χ4v) is 4.78. The van der Waals surface area contributed by atoms with Crippen molar-refractivity contribution in [3.63, 3.8) is 0 Å². The maximum Gasteiger partial charge on any atom is 2.00 e. The summed E-state index contributed by atoms with van der Waals surface area (Å²) in [7, 11) is 0. The van der Waals surface area contributed by atoms with Gasteiger partial charge in [-0.3, -0.25) is 20.1 Å². The number of halogens is 5. The summed E-state index contributed by atoms with van der Waals surface area (Å²) in [6, 6.07) is 22.3. The minimum Gasteiger partial charge on any atom is -0.343 e.